The highest BCUT2D eigenvalue weighted by molar-refractivity contribution is 5.77. The van der Waals surface area contributed by atoms with Crippen LogP contribution < -0.4 is 5.32 Å². The molecule has 0 radical (unpaired) electrons. The van der Waals surface area contributed by atoms with Crippen molar-refractivity contribution in [3.8, 4) is 6.07 Å². The van der Waals surface area contributed by atoms with E-state index in [0.29, 0.717) is 19.4 Å². The standard InChI is InChI=1S/C14H14F3N3O/c1-20-8-10(3-5-13(20)21)19-12-6-9(7-18)2-4-11(12)14(15,16)17/h2,4,6,10,19H,3,5,8H2,1H3. The van der Waals surface area contributed by atoms with Crippen molar-refractivity contribution < 1.29 is 18.0 Å². The lowest BCUT2D eigenvalue weighted by Crippen LogP contribution is -2.43. The lowest BCUT2D eigenvalue weighted by molar-refractivity contribution is -0.137. The van der Waals surface area contributed by atoms with E-state index in [9.17, 15) is 18.0 Å². The minimum Gasteiger partial charge on any atom is -0.380 e. The van der Waals surface area contributed by atoms with E-state index in [2.05, 4.69) is 5.32 Å². The van der Waals surface area contributed by atoms with Crippen LogP contribution in [0.25, 0.3) is 0 Å². The summed E-state index contributed by atoms with van der Waals surface area (Å²) in [6.07, 6.45) is -3.72. The molecule has 1 fully saturated rings. The van der Waals surface area contributed by atoms with Crippen LogP contribution in [0.5, 0.6) is 0 Å². The maximum atomic E-state index is 13.0. The summed E-state index contributed by atoms with van der Waals surface area (Å²) in [6.45, 7) is 0.340. The summed E-state index contributed by atoms with van der Waals surface area (Å²) in [6, 6.07) is 4.80. The molecule has 0 saturated carbocycles. The van der Waals surface area contributed by atoms with Crippen LogP contribution in [0.2, 0.25) is 0 Å². The largest absolute Gasteiger partial charge is 0.418 e. The molecule has 1 aromatic rings. The van der Waals surface area contributed by atoms with Gasteiger partial charge in [0.15, 0.2) is 0 Å². The molecule has 1 unspecified atom stereocenters. The number of anilines is 1. The molecule has 0 aromatic heterocycles. The normalized spacial score (nSPS) is 19.3. The van der Waals surface area contributed by atoms with Crippen molar-refractivity contribution in [2.24, 2.45) is 0 Å². The number of hydrogen-bond acceptors (Lipinski definition) is 3. The quantitative estimate of drug-likeness (QED) is 0.913. The van der Waals surface area contributed by atoms with Crippen LogP contribution in [0.1, 0.15) is 24.0 Å². The van der Waals surface area contributed by atoms with E-state index in [0.717, 1.165) is 12.1 Å². The maximum Gasteiger partial charge on any atom is 0.418 e. The van der Waals surface area contributed by atoms with Crippen LogP contribution in [0, 0.1) is 11.3 Å². The first-order valence-corrected chi connectivity index (χ1v) is 6.43. The number of carbonyl (C=O) groups excluding carboxylic acids is 1. The Kier molecular flexibility index (Phi) is 4.07. The van der Waals surface area contributed by atoms with Gasteiger partial charge in [0, 0.05) is 31.7 Å². The molecule has 1 aliphatic heterocycles. The van der Waals surface area contributed by atoms with Crippen LogP contribution in [-0.4, -0.2) is 30.4 Å². The minimum atomic E-state index is -4.49. The minimum absolute atomic E-state index is 0.0186. The molecule has 1 aliphatic rings. The SMILES string of the molecule is CN1CC(Nc2cc(C#N)ccc2C(F)(F)F)CCC1=O. The molecule has 1 heterocycles. The van der Waals surface area contributed by atoms with E-state index in [4.69, 9.17) is 5.26 Å². The topological polar surface area (TPSA) is 56.1 Å². The molecule has 4 nitrogen and oxygen atoms in total. The Balaban J connectivity index is 2.26. The summed E-state index contributed by atoms with van der Waals surface area (Å²) in [7, 11) is 1.62. The lowest BCUT2D eigenvalue weighted by Gasteiger charge is -2.31. The van der Waals surface area contributed by atoms with E-state index in [1.54, 1.807) is 7.05 Å². The van der Waals surface area contributed by atoms with Gasteiger partial charge < -0.3 is 10.2 Å². The predicted molar refractivity (Wildman–Crippen MR) is 70.4 cm³/mol. The third-order valence-electron chi connectivity index (χ3n) is 3.44. The van der Waals surface area contributed by atoms with Crippen molar-refractivity contribution in [3.05, 3.63) is 29.3 Å². The molecule has 0 bridgehead atoms. The van der Waals surface area contributed by atoms with Crippen molar-refractivity contribution in [1.82, 2.24) is 4.90 Å². The zero-order valence-corrected chi connectivity index (χ0v) is 11.4. The van der Waals surface area contributed by atoms with Crippen molar-refractivity contribution in [2.75, 3.05) is 18.9 Å². The van der Waals surface area contributed by atoms with E-state index >= 15 is 0 Å². The molecular formula is C14H14F3N3O. The van der Waals surface area contributed by atoms with Gasteiger partial charge in [0.05, 0.1) is 17.2 Å². The maximum absolute atomic E-state index is 13.0. The van der Waals surface area contributed by atoms with Gasteiger partial charge in [-0.3, -0.25) is 4.79 Å². The Morgan fingerprint density at radius 3 is 2.71 bits per heavy atom. The third-order valence-corrected chi connectivity index (χ3v) is 3.44. The first kappa shape index (κ1) is 15.2. The number of benzene rings is 1. The van der Waals surface area contributed by atoms with Crippen LogP contribution in [0.3, 0.4) is 0 Å². The fourth-order valence-corrected chi connectivity index (χ4v) is 2.33. The highest BCUT2D eigenvalue weighted by atomic mass is 19.4. The highest BCUT2D eigenvalue weighted by Gasteiger charge is 2.34. The molecule has 2 rings (SSSR count). The van der Waals surface area contributed by atoms with Crippen LogP contribution >= 0.6 is 0 Å². The zero-order chi connectivity index (χ0) is 15.6. The molecule has 21 heavy (non-hydrogen) atoms. The number of rotatable bonds is 2. The van der Waals surface area contributed by atoms with E-state index in [1.807, 2.05) is 6.07 Å². The Morgan fingerprint density at radius 1 is 1.43 bits per heavy atom. The molecule has 1 N–H and O–H groups in total. The summed E-state index contributed by atoms with van der Waals surface area (Å²) in [5.74, 6) is -0.0186. The fraction of sp³-hybridized carbons (Fsp3) is 0.429. The van der Waals surface area contributed by atoms with E-state index in [1.165, 1.54) is 11.0 Å². The number of nitrogens with one attached hydrogen (secondary N) is 1. The fourth-order valence-electron chi connectivity index (χ4n) is 2.33. The van der Waals surface area contributed by atoms with Gasteiger partial charge in [-0.05, 0) is 24.6 Å². The number of likely N-dealkylation sites (tertiary alicyclic amines) is 1. The zero-order valence-electron chi connectivity index (χ0n) is 11.4. The summed E-state index contributed by atoms with van der Waals surface area (Å²) in [4.78, 5) is 12.9. The lowest BCUT2D eigenvalue weighted by atomic mass is 10.0. The van der Waals surface area contributed by atoms with Gasteiger partial charge in [0.25, 0.3) is 0 Å². The third kappa shape index (κ3) is 3.45. The molecule has 0 spiro atoms. The molecule has 1 amide bonds. The molecule has 112 valence electrons. The van der Waals surface area contributed by atoms with Gasteiger partial charge in [-0.2, -0.15) is 18.4 Å². The van der Waals surface area contributed by atoms with Crippen molar-refractivity contribution in [2.45, 2.75) is 25.1 Å². The first-order chi connectivity index (χ1) is 9.81. The smallest absolute Gasteiger partial charge is 0.380 e. The van der Waals surface area contributed by atoms with Gasteiger partial charge in [0.1, 0.15) is 0 Å². The van der Waals surface area contributed by atoms with Crippen molar-refractivity contribution in [1.29, 1.82) is 5.26 Å². The van der Waals surface area contributed by atoms with E-state index < -0.39 is 11.7 Å². The number of piperidine rings is 1. The second-order valence-electron chi connectivity index (χ2n) is 5.02. The average molecular weight is 297 g/mol. The summed E-state index contributed by atoms with van der Waals surface area (Å²) in [5, 5.41) is 11.6. The van der Waals surface area contributed by atoms with Crippen LogP contribution in [0.15, 0.2) is 18.2 Å². The number of hydrogen-bond donors (Lipinski definition) is 1. The van der Waals surface area contributed by atoms with Gasteiger partial charge in [-0.25, -0.2) is 0 Å². The molecule has 1 aromatic carbocycles. The Labute approximate surface area is 120 Å². The molecular weight excluding hydrogens is 283 g/mol. The summed E-state index contributed by atoms with van der Waals surface area (Å²) < 4.78 is 39.0. The van der Waals surface area contributed by atoms with Gasteiger partial charge in [-0.15, -0.1) is 0 Å². The number of halogens is 3. The molecule has 1 atom stereocenters. The summed E-state index contributed by atoms with van der Waals surface area (Å²) >= 11 is 0. The number of alkyl halides is 3. The summed E-state index contributed by atoms with van der Waals surface area (Å²) in [5.41, 5.74) is -0.763. The average Bonchev–Trinajstić information content (AvgIpc) is 2.41. The first-order valence-electron chi connectivity index (χ1n) is 6.43. The van der Waals surface area contributed by atoms with Gasteiger partial charge in [-0.1, -0.05) is 0 Å². The van der Waals surface area contributed by atoms with Gasteiger partial charge >= 0.3 is 6.18 Å². The highest BCUT2D eigenvalue weighted by Crippen LogP contribution is 2.36. The van der Waals surface area contributed by atoms with Crippen molar-refractivity contribution in [3.63, 3.8) is 0 Å². The van der Waals surface area contributed by atoms with E-state index in [-0.39, 0.29) is 23.2 Å². The van der Waals surface area contributed by atoms with Gasteiger partial charge in [0.2, 0.25) is 5.91 Å². The second kappa shape index (κ2) is 5.64. The number of amides is 1. The monoisotopic (exact) mass is 297 g/mol. The Hall–Kier alpha value is -2.23. The van der Waals surface area contributed by atoms with Crippen molar-refractivity contribution >= 4 is 11.6 Å². The predicted octanol–water partition coefficient (Wildman–Crippen LogP) is 2.61. The number of carbonyl (C=O) groups is 1. The Morgan fingerprint density at radius 2 is 2.14 bits per heavy atom. The number of likely N-dealkylation sites (N-methyl/N-ethyl adjacent to an activating group) is 1. The number of nitriles is 1. The number of nitrogens with zero attached hydrogens (tertiary/aromatic N) is 2. The molecule has 0 aliphatic carbocycles. The molecule has 1 saturated heterocycles. The second-order valence-corrected chi connectivity index (χ2v) is 5.02. The van der Waals surface area contributed by atoms with Crippen LogP contribution in [-0.2, 0) is 11.0 Å². The Bertz CT molecular complexity index is 592. The van der Waals surface area contributed by atoms with Crippen LogP contribution in [0.4, 0.5) is 18.9 Å². The molecule has 7 heteroatoms.